The number of fused-ring (bicyclic) bond motifs is 1. The lowest BCUT2D eigenvalue weighted by Crippen LogP contribution is -2.08. The van der Waals surface area contributed by atoms with Crippen molar-refractivity contribution in [2.75, 3.05) is 19.0 Å². The molecule has 4 rings (SSSR count). The highest BCUT2D eigenvalue weighted by molar-refractivity contribution is 7.16. The molecular weight excluding hydrogens is 318 g/mol. The molecule has 0 bridgehead atoms. The van der Waals surface area contributed by atoms with Crippen molar-refractivity contribution in [3.05, 3.63) is 65.2 Å². The molecule has 0 saturated heterocycles. The minimum Gasteiger partial charge on any atom is -0.378 e. The summed E-state index contributed by atoms with van der Waals surface area (Å²) in [6, 6.07) is 18.6. The quantitative estimate of drug-likeness (QED) is 0.572. The second-order valence-electron chi connectivity index (χ2n) is 5.82. The highest BCUT2D eigenvalue weighted by Gasteiger charge is 2.13. The van der Waals surface area contributed by atoms with Crippen LogP contribution >= 0.6 is 11.3 Å². The van der Waals surface area contributed by atoms with Crippen LogP contribution in [-0.2, 0) is 6.42 Å². The molecule has 0 radical (unpaired) electrons. The van der Waals surface area contributed by atoms with Gasteiger partial charge >= 0.3 is 0 Å². The van der Waals surface area contributed by atoms with Crippen LogP contribution in [0.4, 0.5) is 5.69 Å². The molecular formula is C18H17N5S. The Balaban J connectivity index is 1.67. The number of rotatable bonds is 4. The minimum atomic E-state index is 0.783. The van der Waals surface area contributed by atoms with Crippen LogP contribution in [0.2, 0.25) is 0 Å². The Morgan fingerprint density at radius 1 is 0.958 bits per heavy atom. The number of hydrogen-bond donors (Lipinski definition) is 0. The van der Waals surface area contributed by atoms with E-state index in [1.54, 1.807) is 11.3 Å². The van der Waals surface area contributed by atoms with E-state index in [2.05, 4.69) is 51.5 Å². The molecule has 0 aliphatic carbocycles. The number of benzene rings is 2. The summed E-state index contributed by atoms with van der Waals surface area (Å²) in [5.74, 6) is 0.783. The van der Waals surface area contributed by atoms with E-state index in [4.69, 9.17) is 5.10 Å². The van der Waals surface area contributed by atoms with Crippen molar-refractivity contribution in [2.45, 2.75) is 6.42 Å². The van der Waals surface area contributed by atoms with Crippen molar-refractivity contribution in [1.29, 1.82) is 0 Å². The largest absolute Gasteiger partial charge is 0.378 e. The lowest BCUT2D eigenvalue weighted by Gasteiger charge is -2.11. The zero-order valence-electron chi connectivity index (χ0n) is 13.5. The van der Waals surface area contributed by atoms with Crippen molar-refractivity contribution in [3.8, 4) is 11.4 Å². The summed E-state index contributed by atoms with van der Waals surface area (Å²) in [6.45, 7) is 0. The van der Waals surface area contributed by atoms with E-state index in [0.29, 0.717) is 0 Å². The molecule has 0 fully saturated rings. The van der Waals surface area contributed by atoms with Crippen LogP contribution in [0.5, 0.6) is 0 Å². The molecule has 0 atom stereocenters. The summed E-state index contributed by atoms with van der Waals surface area (Å²) < 4.78 is 1.84. The van der Waals surface area contributed by atoms with Gasteiger partial charge in [0.1, 0.15) is 5.01 Å². The first kappa shape index (κ1) is 14.8. The summed E-state index contributed by atoms with van der Waals surface area (Å²) in [5, 5.41) is 14.3. The standard InChI is InChI=1S/C18H17N5S/c1-22(2)15-10-8-14(9-11-15)17-19-20-18-23(17)21-16(24-18)12-13-6-4-3-5-7-13/h3-11H,12H2,1-2H3. The fourth-order valence-electron chi connectivity index (χ4n) is 2.59. The van der Waals surface area contributed by atoms with Gasteiger partial charge in [-0.3, -0.25) is 0 Å². The van der Waals surface area contributed by atoms with Gasteiger partial charge in [-0.1, -0.05) is 41.7 Å². The van der Waals surface area contributed by atoms with Crippen LogP contribution in [0.1, 0.15) is 10.6 Å². The third-order valence-electron chi connectivity index (χ3n) is 3.87. The topological polar surface area (TPSA) is 46.3 Å². The van der Waals surface area contributed by atoms with Crippen molar-refractivity contribution in [2.24, 2.45) is 0 Å². The van der Waals surface area contributed by atoms with Crippen LogP contribution < -0.4 is 4.90 Å². The summed E-state index contributed by atoms with van der Waals surface area (Å²) in [4.78, 5) is 2.90. The molecule has 0 spiro atoms. The molecule has 24 heavy (non-hydrogen) atoms. The van der Waals surface area contributed by atoms with Crippen LogP contribution in [0.25, 0.3) is 16.3 Å². The lowest BCUT2D eigenvalue weighted by atomic mass is 10.2. The Hall–Kier alpha value is -2.73. The van der Waals surface area contributed by atoms with E-state index in [0.717, 1.165) is 33.5 Å². The monoisotopic (exact) mass is 335 g/mol. The Kier molecular flexibility index (Phi) is 3.74. The fourth-order valence-corrected chi connectivity index (χ4v) is 3.45. The average molecular weight is 335 g/mol. The molecule has 4 aromatic rings. The molecule has 0 saturated carbocycles. The SMILES string of the molecule is CN(C)c1ccc(-c2nnc3sc(Cc4ccccc4)nn23)cc1. The van der Waals surface area contributed by atoms with Gasteiger partial charge in [0.2, 0.25) is 4.96 Å². The Morgan fingerprint density at radius 3 is 2.42 bits per heavy atom. The molecule has 6 heteroatoms. The van der Waals surface area contributed by atoms with Crippen LogP contribution in [0.3, 0.4) is 0 Å². The number of anilines is 1. The van der Waals surface area contributed by atoms with E-state index < -0.39 is 0 Å². The van der Waals surface area contributed by atoms with E-state index in [1.807, 2.05) is 36.8 Å². The van der Waals surface area contributed by atoms with Gasteiger partial charge in [-0.15, -0.1) is 10.2 Å². The van der Waals surface area contributed by atoms with Crippen molar-refractivity contribution in [1.82, 2.24) is 19.8 Å². The predicted octanol–water partition coefficient (Wildman–Crippen LogP) is 3.51. The van der Waals surface area contributed by atoms with E-state index >= 15 is 0 Å². The third kappa shape index (κ3) is 2.76. The summed E-state index contributed by atoms with van der Waals surface area (Å²) in [7, 11) is 4.06. The second-order valence-corrected chi connectivity index (χ2v) is 6.86. The Labute approximate surface area is 144 Å². The van der Waals surface area contributed by atoms with Gasteiger partial charge in [-0.25, -0.2) is 0 Å². The number of nitrogens with zero attached hydrogens (tertiary/aromatic N) is 5. The van der Waals surface area contributed by atoms with Gasteiger partial charge in [-0.2, -0.15) is 9.61 Å². The average Bonchev–Trinajstić information content (AvgIpc) is 3.16. The smallest absolute Gasteiger partial charge is 0.234 e. The molecule has 0 N–H and O–H groups in total. The molecule has 0 amide bonds. The Bertz CT molecular complexity index is 954. The lowest BCUT2D eigenvalue weighted by molar-refractivity contribution is 0.918. The fraction of sp³-hybridized carbons (Fsp3) is 0.167. The Morgan fingerprint density at radius 2 is 1.71 bits per heavy atom. The predicted molar refractivity (Wildman–Crippen MR) is 97.7 cm³/mol. The van der Waals surface area contributed by atoms with Crippen LogP contribution in [0, 0.1) is 0 Å². The van der Waals surface area contributed by atoms with Gasteiger partial charge in [0, 0.05) is 31.8 Å². The van der Waals surface area contributed by atoms with Crippen molar-refractivity contribution < 1.29 is 0 Å². The van der Waals surface area contributed by atoms with E-state index in [-0.39, 0.29) is 0 Å². The first-order valence-corrected chi connectivity index (χ1v) is 8.55. The maximum Gasteiger partial charge on any atom is 0.234 e. The summed E-state index contributed by atoms with van der Waals surface area (Å²) >= 11 is 1.59. The number of hydrogen-bond acceptors (Lipinski definition) is 5. The maximum absolute atomic E-state index is 4.70. The summed E-state index contributed by atoms with van der Waals surface area (Å²) in [6.07, 6.45) is 0.813. The van der Waals surface area contributed by atoms with Crippen molar-refractivity contribution in [3.63, 3.8) is 0 Å². The highest BCUT2D eigenvalue weighted by atomic mass is 32.1. The minimum absolute atomic E-state index is 0.783. The van der Waals surface area contributed by atoms with Crippen LogP contribution in [-0.4, -0.2) is 33.9 Å². The molecule has 5 nitrogen and oxygen atoms in total. The van der Waals surface area contributed by atoms with Gasteiger partial charge in [-0.05, 0) is 29.8 Å². The molecule has 2 heterocycles. The highest BCUT2D eigenvalue weighted by Crippen LogP contribution is 2.24. The first-order chi connectivity index (χ1) is 11.7. The van der Waals surface area contributed by atoms with Gasteiger partial charge < -0.3 is 4.90 Å². The van der Waals surface area contributed by atoms with Crippen molar-refractivity contribution >= 4 is 22.0 Å². The van der Waals surface area contributed by atoms with Gasteiger partial charge in [0.15, 0.2) is 5.82 Å². The molecule has 120 valence electrons. The summed E-state index contributed by atoms with van der Waals surface area (Å²) in [5.41, 5.74) is 3.42. The molecule has 0 aliphatic rings. The zero-order valence-corrected chi connectivity index (χ0v) is 14.4. The molecule has 0 aliphatic heterocycles. The molecule has 2 aromatic heterocycles. The zero-order chi connectivity index (χ0) is 16.5. The van der Waals surface area contributed by atoms with E-state index in [9.17, 15) is 0 Å². The van der Waals surface area contributed by atoms with E-state index in [1.165, 1.54) is 5.56 Å². The van der Waals surface area contributed by atoms with Crippen LogP contribution in [0.15, 0.2) is 54.6 Å². The van der Waals surface area contributed by atoms with Gasteiger partial charge in [0.25, 0.3) is 0 Å². The molecule has 0 unspecified atom stereocenters. The number of aromatic nitrogens is 4. The molecule has 2 aromatic carbocycles. The first-order valence-electron chi connectivity index (χ1n) is 7.73. The third-order valence-corrected chi connectivity index (χ3v) is 4.77. The second kappa shape index (κ2) is 6.05. The normalized spacial score (nSPS) is 11.1. The maximum atomic E-state index is 4.70. The van der Waals surface area contributed by atoms with Gasteiger partial charge in [0.05, 0.1) is 0 Å².